The van der Waals surface area contributed by atoms with Gasteiger partial charge in [-0.25, -0.2) is 4.39 Å². The van der Waals surface area contributed by atoms with Gasteiger partial charge in [-0.05, 0) is 48.6 Å². The van der Waals surface area contributed by atoms with E-state index >= 15 is 0 Å². The third kappa shape index (κ3) is 3.51. The summed E-state index contributed by atoms with van der Waals surface area (Å²) in [7, 11) is 1.64. The van der Waals surface area contributed by atoms with Crippen LogP contribution in [0.4, 0.5) is 4.39 Å². The van der Waals surface area contributed by atoms with Crippen LogP contribution in [0.3, 0.4) is 0 Å². The molecule has 2 nitrogen and oxygen atoms in total. The predicted octanol–water partition coefficient (Wildman–Crippen LogP) is 5.41. The molecule has 23 heavy (non-hydrogen) atoms. The largest absolute Gasteiger partial charge is 0.497 e. The minimum absolute atomic E-state index is 0.312. The smallest absolute Gasteiger partial charge is 0.136 e. The first-order valence-corrected chi connectivity index (χ1v) is 8.18. The first-order chi connectivity index (χ1) is 11.1. The molecule has 0 aliphatic heterocycles. The number of methoxy groups -OCH3 is 1. The molecule has 1 aliphatic rings. The second-order valence-electron chi connectivity index (χ2n) is 5.93. The molecule has 0 saturated heterocycles. The van der Waals surface area contributed by atoms with Gasteiger partial charge in [0, 0.05) is 10.6 Å². The highest BCUT2D eigenvalue weighted by atomic mass is 35.5. The van der Waals surface area contributed by atoms with Gasteiger partial charge in [0.15, 0.2) is 0 Å². The molecule has 0 amide bonds. The highest BCUT2D eigenvalue weighted by Gasteiger charge is 2.40. The van der Waals surface area contributed by atoms with Crippen molar-refractivity contribution in [2.75, 3.05) is 7.11 Å². The monoisotopic (exact) mass is 334 g/mol. The van der Waals surface area contributed by atoms with Crippen molar-refractivity contribution in [3.63, 3.8) is 0 Å². The Balaban J connectivity index is 1.68. The van der Waals surface area contributed by atoms with Crippen LogP contribution in [-0.2, 0) is 23.6 Å². The summed E-state index contributed by atoms with van der Waals surface area (Å²) in [5.41, 5.74) is 1.26. The molecule has 1 fully saturated rings. The summed E-state index contributed by atoms with van der Waals surface area (Å²) in [6, 6.07) is 13.1. The Hall–Kier alpha value is -1.58. The fourth-order valence-electron chi connectivity index (χ4n) is 2.87. The van der Waals surface area contributed by atoms with Crippen molar-refractivity contribution in [3.8, 4) is 5.75 Å². The maximum absolute atomic E-state index is 14.8. The van der Waals surface area contributed by atoms with Gasteiger partial charge in [-0.3, -0.25) is 0 Å². The summed E-state index contributed by atoms with van der Waals surface area (Å²) in [6.45, 7) is 0.765. The van der Waals surface area contributed by atoms with Gasteiger partial charge in [-0.15, -0.1) is 0 Å². The number of halogens is 2. The van der Waals surface area contributed by atoms with Crippen LogP contribution in [-0.4, -0.2) is 7.11 Å². The summed E-state index contributed by atoms with van der Waals surface area (Å²) in [5.74, 6) is 0.812. The van der Waals surface area contributed by atoms with E-state index in [9.17, 15) is 4.39 Å². The summed E-state index contributed by atoms with van der Waals surface area (Å²) < 4.78 is 25.7. The van der Waals surface area contributed by atoms with Crippen LogP contribution in [0.2, 0.25) is 5.02 Å². The molecule has 1 saturated carbocycles. The van der Waals surface area contributed by atoms with E-state index in [2.05, 4.69) is 0 Å². The Morgan fingerprint density at radius 1 is 1.09 bits per heavy atom. The van der Waals surface area contributed by atoms with E-state index in [1.54, 1.807) is 13.2 Å². The number of benzene rings is 2. The Bertz CT molecular complexity index is 666. The van der Waals surface area contributed by atoms with Gasteiger partial charge in [0.05, 0.1) is 20.3 Å². The van der Waals surface area contributed by atoms with Crippen LogP contribution >= 0.6 is 11.6 Å². The fourth-order valence-corrected chi connectivity index (χ4v) is 3.10. The van der Waals surface area contributed by atoms with E-state index in [1.165, 1.54) is 0 Å². The molecule has 122 valence electrons. The zero-order valence-electron chi connectivity index (χ0n) is 13.1. The van der Waals surface area contributed by atoms with Gasteiger partial charge in [0.1, 0.15) is 11.4 Å². The molecule has 0 heterocycles. The zero-order valence-corrected chi connectivity index (χ0v) is 13.9. The Morgan fingerprint density at radius 2 is 1.83 bits per heavy atom. The van der Waals surface area contributed by atoms with Crippen molar-refractivity contribution in [3.05, 3.63) is 64.2 Å². The number of rotatable bonds is 6. The molecule has 0 spiro atoms. The summed E-state index contributed by atoms with van der Waals surface area (Å²) in [4.78, 5) is 0. The van der Waals surface area contributed by atoms with Crippen molar-refractivity contribution in [1.29, 1.82) is 0 Å². The van der Waals surface area contributed by atoms with Crippen LogP contribution in [0.15, 0.2) is 42.5 Å². The molecule has 4 heteroatoms. The van der Waals surface area contributed by atoms with E-state index in [0.29, 0.717) is 36.6 Å². The summed E-state index contributed by atoms with van der Waals surface area (Å²) in [6.07, 6.45) is 2.06. The quantitative estimate of drug-likeness (QED) is 0.702. The Kier molecular flexibility index (Phi) is 4.88. The molecule has 2 aromatic carbocycles. The maximum Gasteiger partial charge on any atom is 0.136 e. The minimum Gasteiger partial charge on any atom is -0.497 e. The molecule has 0 atom stereocenters. The van der Waals surface area contributed by atoms with Crippen molar-refractivity contribution in [1.82, 2.24) is 0 Å². The van der Waals surface area contributed by atoms with Crippen LogP contribution < -0.4 is 4.74 Å². The van der Waals surface area contributed by atoms with E-state index in [-0.39, 0.29) is 0 Å². The average molecular weight is 335 g/mol. The maximum atomic E-state index is 14.8. The van der Waals surface area contributed by atoms with Crippen molar-refractivity contribution in [2.45, 2.75) is 38.1 Å². The third-order valence-corrected chi connectivity index (χ3v) is 4.78. The van der Waals surface area contributed by atoms with E-state index < -0.39 is 5.67 Å². The molecule has 0 bridgehead atoms. The first-order valence-electron chi connectivity index (χ1n) is 7.80. The topological polar surface area (TPSA) is 18.5 Å². The van der Waals surface area contributed by atoms with Crippen LogP contribution in [0, 0.1) is 0 Å². The van der Waals surface area contributed by atoms with Gasteiger partial charge >= 0.3 is 0 Å². The molecule has 2 aromatic rings. The van der Waals surface area contributed by atoms with Gasteiger partial charge in [0.25, 0.3) is 0 Å². The van der Waals surface area contributed by atoms with Crippen LogP contribution in [0.5, 0.6) is 5.75 Å². The molecule has 0 N–H and O–H groups in total. The molecule has 0 radical (unpaired) electrons. The average Bonchev–Trinajstić information content (AvgIpc) is 2.54. The second-order valence-corrected chi connectivity index (χ2v) is 6.33. The standard InChI is InChI=1S/C19H20ClFO2/c1-22-15-8-6-14(7-9-15)12-23-13-16-17(4-2-5-18(16)20)19(21)10-3-11-19/h2,4-9H,3,10-13H2,1H3. The molecule has 0 aromatic heterocycles. The number of alkyl halides is 1. The van der Waals surface area contributed by atoms with E-state index in [0.717, 1.165) is 23.3 Å². The first kappa shape index (κ1) is 16.3. The van der Waals surface area contributed by atoms with Gasteiger partial charge < -0.3 is 9.47 Å². The molecule has 1 aliphatic carbocycles. The summed E-state index contributed by atoms with van der Waals surface area (Å²) >= 11 is 6.27. The van der Waals surface area contributed by atoms with E-state index in [1.807, 2.05) is 36.4 Å². The third-order valence-electron chi connectivity index (χ3n) is 4.42. The minimum atomic E-state index is -1.23. The Labute approximate surface area is 141 Å². The normalized spacial score (nSPS) is 16.0. The number of hydrogen-bond donors (Lipinski definition) is 0. The Morgan fingerprint density at radius 3 is 2.43 bits per heavy atom. The van der Waals surface area contributed by atoms with Crippen LogP contribution in [0.25, 0.3) is 0 Å². The highest BCUT2D eigenvalue weighted by molar-refractivity contribution is 6.31. The summed E-state index contributed by atoms with van der Waals surface area (Å²) in [5, 5.41) is 0.571. The van der Waals surface area contributed by atoms with Crippen molar-refractivity contribution in [2.24, 2.45) is 0 Å². The highest BCUT2D eigenvalue weighted by Crippen LogP contribution is 2.47. The lowest BCUT2D eigenvalue weighted by molar-refractivity contribution is 0.0538. The van der Waals surface area contributed by atoms with Crippen LogP contribution in [0.1, 0.15) is 36.0 Å². The van der Waals surface area contributed by atoms with Gasteiger partial charge in [-0.2, -0.15) is 0 Å². The van der Waals surface area contributed by atoms with Crippen molar-refractivity contribution >= 4 is 11.6 Å². The van der Waals surface area contributed by atoms with Gasteiger partial charge in [-0.1, -0.05) is 35.9 Å². The predicted molar refractivity (Wildman–Crippen MR) is 89.6 cm³/mol. The lowest BCUT2D eigenvalue weighted by atomic mass is 9.75. The molecular weight excluding hydrogens is 315 g/mol. The zero-order chi connectivity index (χ0) is 16.3. The van der Waals surface area contributed by atoms with Crippen molar-refractivity contribution < 1.29 is 13.9 Å². The molecule has 3 rings (SSSR count). The SMILES string of the molecule is COc1ccc(COCc2c(Cl)cccc2C2(F)CCC2)cc1. The molecule has 0 unspecified atom stereocenters. The fraction of sp³-hybridized carbons (Fsp3) is 0.368. The second kappa shape index (κ2) is 6.90. The number of ether oxygens (including phenoxy) is 2. The van der Waals surface area contributed by atoms with Gasteiger partial charge in [0.2, 0.25) is 0 Å². The van der Waals surface area contributed by atoms with E-state index in [4.69, 9.17) is 21.1 Å². The molecular formula is C19H20ClFO2. The lowest BCUT2D eigenvalue weighted by Crippen LogP contribution is -2.30. The number of hydrogen-bond acceptors (Lipinski definition) is 2. The lowest BCUT2D eigenvalue weighted by Gasteiger charge is -2.36.